The second-order valence-corrected chi connectivity index (χ2v) is 4.32. The van der Waals surface area contributed by atoms with Crippen molar-refractivity contribution in [3.05, 3.63) is 23.5 Å². The standard InChI is InChI=1S/C13H17NO3/c1-10-2-3-13(12(8-15)14-10)17-9-11-4-6-16-7-5-11/h2-3,8,11H,4-7,9H2,1H3. The first-order valence-electron chi connectivity index (χ1n) is 5.93. The quantitative estimate of drug-likeness (QED) is 0.749. The Balaban J connectivity index is 1.95. The van der Waals surface area contributed by atoms with Crippen molar-refractivity contribution in [2.24, 2.45) is 5.92 Å². The van der Waals surface area contributed by atoms with Crippen molar-refractivity contribution in [1.82, 2.24) is 4.98 Å². The number of ether oxygens (including phenoxy) is 2. The van der Waals surface area contributed by atoms with E-state index in [2.05, 4.69) is 4.98 Å². The van der Waals surface area contributed by atoms with Crippen molar-refractivity contribution in [2.75, 3.05) is 19.8 Å². The molecule has 0 saturated carbocycles. The SMILES string of the molecule is Cc1ccc(OCC2CCOCC2)c(C=O)n1. The summed E-state index contributed by atoms with van der Waals surface area (Å²) in [4.78, 5) is 15.0. The molecule has 0 N–H and O–H groups in total. The molecule has 1 aromatic heterocycles. The second kappa shape index (κ2) is 5.77. The predicted molar refractivity (Wildman–Crippen MR) is 63.4 cm³/mol. The largest absolute Gasteiger partial charge is 0.491 e. The third-order valence-electron chi connectivity index (χ3n) is 2.95. The van der Waals surface area contributed by atoms with Gasteiger partial charge in [0.25, 0.3) is 0 Å². The Morgan fingerprint density at radius 2 is 2.24 bits per heavy atom. The van der Waals surface area contributed by atoms with E-state index in [4.69, 9.17) is 9.47 Å². The first-order valence-corrected chi connectivity index (χ1v) is 5.93. The van der Waals surface area contributed by atoms with Gasteiger partial charge in [0.15, 0.2) is 6.29 Å². The Bertz CT molecular complexity index is 386. The van der Waals surface area contributed by atoms with Crippen LogP contribution in [-0.2, 0) is 4.74 Å². The van der Waals surface area contributed by atoms with E-state index in [1.165, 1.54) is 0 Å². The molecular weight excluding hydrogens is 218 g/mol. The highest BCUT2D eigenvalue weighted by Gasteiger charge is 2.15. The normalized spacial score (nSPS) is 16.8. The number of nitrogens with zero attached hydrogens (tertiary/aromatic N) is 1. The highest BCUT2D eigenvalue weighted by molar-refractivity contribution is 5.76. The van der Waals surface area contributed by atoms with E-state index in [1.54, 1.807) is 0 Å². The number of hydrogen-bond donors (Lipinski definition) is 0. The molecule has 1 aromatic rings. The van der Waals surface area contributed by atoms with Crippen molar-refractivity contribution < 1.29 is 14.3 Å². The number of aldehydes is 1. The molecule has 1 fully saturated rings. The summed E-state index contributed by atoms with van der Waals surface area (Å²) < 4.78 is 11.0. The van der Waals surface area contributed by atoms with E-state index in [9.17, 15) is 4.79 Å². The van der Waals surface area contributed by atoms with Gasteiger partial charge in [-0.25, -0.2) is 4.98 Å². The van der Waals surface area contributed by atoms with Gasteiger partial charge in [-0.2, -0.15) is 0 Å². The number of rotatable bonds is 4. The second-order valence-electron chi connectivity index (χ2n) is 4.32. The van der Waals surface area contributed by atoms with E-state index < -0.39 is 0 Å². The number of hydrogen-bond acceptors (Lipinski definition) is 4. The summed E-state index contributed by atoms with van der Waals surface area (Å²) in [6, 6.07) is 3.66. The molecule has 2 rings (SSSR count). The van der Waals surface area contributed by atoms with E-state index in [0.29, 0.717) is 24.0 Å². The molecule has 4 nitrogen and oxygen atoms in total. The van der Waals surface area contributed by atoms with Gasteiger partial charge < -0.3 is 9.47 Å². The Morgan fingerprint density at radius 3 is 2.94 bits per heavy atom. The molecule has 0 bridgehead atoms. The molecular formula is C13H17NO3. The zero-order valence-electron chi connectivity index (χ0n) is 10.0. The molecule has 92 valence electrons. The molecule has 4 heteroatoms. The molecule has 0 spiro atoms. The smallest absolute Gasteiger partial charge is 0.172 e. The summed E-state index contributed by atoms with van der Waals surface area (Å²) >= 11 is 0. The molecule has 0 radical (unpaired) electrons. The number of pyridine rings is 1. The van der Waals surface area contributed by atoms with Gasteiger partial charge in [-0.1, -0.05) is 0 Å². The Hall–Kier alpha value is -1.42. The summed E-state index contributed by atoms with van der Waals surface area (Å²) in [6.45, 7) is 4.10. The minimum atomic E-state index is 0.386. The molecule has 2 heterocycles. The molecule has 0 unspecified atom stereocenters. The minimum absolute atomic E-state index is 0.386. The fourth-order valence-corrected chi connectivity index (χ4v) is 1.89. The first kappa shape index (κ1) is 12.0. The minimum Gasteiger partial charge on any atom is -0.491 e. The lowest BCUT2D eigenvalue weighted by molar-refractivity contribution is 0.0495. The fourth-order valence-electron chi connectivity index (χ4n) is 1.89. The predicted octanol–water partition coefficient (Wildman–Crippen LogP) is 2.01. The van der Waals surface area contributed by atoms with E-state index in [-0.39, 0.29) is 0 Å². The van der Waals surface area contributed by atoms with Crippen LogP contribution in [0.25, 0.3) is 0 Å². The highest BCUT2D eigenvalue weighted by atomic mass is 16.5. The van der Waals surface area contributed by atoms with Crippen molar-refractivity contribution in [1.29, 1.82) is 0 Å². The van der Waals surface area contributed by atoms with Gasteiger partial charge in [0.1, 0.15) is 11.4 Å². The van der Waals surface area contributed by atoms with E-state index >= 15 is 0 Å². The van der Waals surface area contributed by atoms with Gasteiger partial charge >= 0.3 is 0 Å². The van der Waals surface area contributed by atoms with Gasteiger partial charge in [0.05, 0.1) is 6.61 Å². The zero-order valence-corrected chi connectivity index (χ0v) is 10.0. The fraction of sp³-hybridized carbons (Fsp3) is 0.538. The lowest BCUT2D eigenvalue weighted by atomic mass is 10.0. The van der Waals surface area contributed by atoms with Crippen LogP contribution in [0.3, 0.4) is 0 Å². The summed E-state index contributed by atoms with van der Waals surface area (Å²) in [5, 5.41) is 0. The van der Waals surface area contributed by atoms with E-state index in [0.717, 1.165) is 38.0 Å². The first-order chi connectivity index (χ1) is 8.29. The molecule has 1 aliphatic heterocycles. The van der Waals surface area contributed by atoms with E-state index in [1.807, 2.05) is 19.1 Å². The molecule has 17 heavy (non-hydrogen) atoms. The Labute approximate surface area is 101 Å². The highest BCUT2D eigenvalue weighted by Crippen LogP contribution is 2.19. The van der Waals surface area contributed by atoms with Crippen LogP contribution in [0.1, 0.15) is 29.0 Å². The molecule has 0 aliphatic carbocycles. The lowest BCUT2D eigenvalue weighted by Gasteiger charge is -2.22. The maximum atomic E-state index is 10.9. The Kier molecular flexibility index (Phi) is 4.09. The molecule has 1 saturated heterocycles. The average molecular weight is 235 g/mol. The molecule has 0 aromatic carbocycles. The number of aromatic nitrogens is 1. The van der Waals surface area contributed by atoms with Gasteiger partial charge in [-0.05, 0) is 37.8 Å². The van der Waals surface area contributed by atoms with Crippen molar-refractivity contribution in [3.63, 3.8) is 0 Å². The van der Waals surface area contributed by atoms with Gasteiger partial charge in [-0.3, -0.25) is 4.79 Å². The van der Waals surface area contributed by atoms with Crippen molar-refractivity contribution in [3.8, 4) is 5.75 Å². The summed E-state index contributed by atoms with van der Waals surface area (Å²) in [5.41, 5.74) is 1.21. The monoisotopic (exact) mass is 235 g/mol. The Morgan fingerprint density at radius 1 is 1.47 bits per heavy atom. The molecule has 1 aliphatic rings. The molecule has 0 amide bonds. The van der Waals surface area contributed by atoms with Crippen molar-refractivity contribution >= 4 is 6.29 Å². The van der Waals surface area contributed by atoms with Gasteiger partial charge in [0, 0.05) is 18.9 Å². The van der Waals surface area contributed by atoms with Gasteiger partial charge in [0.2, 0.25) is 0 Å². The van der Waals surface area contributed by atoms with Crippen LogP contribution in [-0.4, -0.2) is 31.1 Å². The maximum absolute atomic E-state index is 10.9. The number of carbonyl (C=O) groups excluding carboxylic acids is 1. The van der Waals surface area contributed by atoms with Crippen LogP contribution in [0.15, 0.2) is 12.1 Å². The van der Waals surface area contributed by atoms with Gasteiger partial charge in [-0.15, -0.1) is 0 Å². The maximum Gasteiger partial charge on any atom is 0.172 e. The van der Waals surface area contributed by atoms with Crippen LogP contribution in [0, 0.1) is 12.8 Å². The third-order valence-corrected chi connectivity index (χ3v) is 2.95. The average Bonchev–Trinajstić information content (AvgIpc) is 2.38. The van der Waals surface area contributed by atoms with Crippen molar-refractivity contribution in [2.45, 2.75) is 19.8 Å². The van der Waals surface area contributed by atoms with Crippen LogP contribution in [0.5, 0.6) is 5.75 Å². The van der Waals surface area contributed by atoms with Crippen LogP contribution >= 0.6 is 0 Å². The van der Waals surface area contributed by atoms with Crippen LogP contribution in [0.4, 0.5) is 0 Å². The lowest BCUT2D eigenvalue weighted by Crippen LogP contribution is -2.21. The molecule has 0 atom stereocenters. The van der Waals surface area contributed by atoms with Crippen LogP contribution < -0.4 is 4.74 Å². The zero-order chi connectivity index (χ0) is 12.1. The third kappa shape index (κ3) is 3.27. The summed E-state index contributed by atoms with van der Waals surface area (Å²) in [7, 11) is 0. The summed E-state index contributed by atoms with van der Waals surface area (Å²) in [6.07, 6.45) is 2.79. The number of aryl methyl sites for hydroxylation is 1. The topological polar surface area (TPSA) is 48.4 Å². The van der Waals surface area contributed by atoms with Crippen LogP contribution in [0.2, 0.25) is 0 Å². The summed E-state index contributed by atoms with van der Waals surface area (Å²) in [5.74, 6) is 1.10. The number of carbonyl (C=O) groups is 1.